The van der Waals surface area contributed by atoms with Gasteiger partial charge in [-0.3, -0.25) is 4.79 Å². The van der Waals surface area contributed by atoms with Crippen LogP contribution in [0, 0.1) is 13.8 Å². The molecular weight excluding hydrogens is 248 g/mol. The minimum Gasteiger partial charge on any atom is -0.350 e. The van der Waals surface area contributed by atoms with Crippen molar-refractivity contribution in [3.63, 3.8) is 0 Å². The van der Waals surface area contributed by atoms with Gasteiger partial charge in [-0.1, -0.05) is 42.5 Å². The van der Waals surface area contributed by atoms with E-state index in [4.69, 9.17) is 5.73 Å². The van der Waals surface area contributed by atoms with Crippen LogP contribution < -0.4 is 11.1 Å². The molecule has 0 saturated carbocycles. The average molecular weight is 268 g/mol. The Kier molecular flexibility index (Phi) is 4.53. The first kappa shape index (κ1) is 14.3. The molecule has 104 valence electrons. The first-order chi connectivity index (χ1) is 9.59. The van der Waals surface area contributed by atoms with Crippen LogP contribution in [0.25, 0.3) is 0 Å². The van der Waals surface area contributed by atoms with Gasteiger partial charge in [0.1, 0.15) is 0 Å². The quantitative estimate of drug-likeness (QED) is 0.895. The predicted molar refractivity (Wildman–Crippen MR) is 81.6 cm³/mol. The number of aryl methyl sites for hydroxylation is 1. The van der Waals surface area contributed by atoms with Crippen molar-refractivity contribution in [2.45, 2.75) is 19.9 Å². The van der Waals surface area contributed by atoms with Gasteiger partial charge in [0.2, 0.25) is 0 Å². The maximum atomic E-state index is 12.2. The van der Waals surface area contributed by atoms with Crippen molar-refractivity contribution in [1.82, 2.24) is 5.32 Å². The van der Waals surface area contributed by atoms with Crippen molar-refractivity contribution in [3.05, 3.63) is 70.8 Å². The summed E-state index contributed by atoms with van der Waals surface area (Å²) in [5, 5.41) is 2.90. The topological polar surface area (TPSA) is 55.1 Å². The summed E-state index contributed by atoms with van der Waals surface area (Å²) in [6.07, 6.45) is 0. The van der Waals surface area contributed by atoms with E-state index in [0.29, 0.717) is 12.1 Å². The highest BCUT2D eigenvalue weighted by Crippen LogP contribution is 2.13. The van der Waals surface area contributed by atoms with Crippen LogP contribution in [0.1, 0.15) is 33.1 Å². The molecule has 0 aliphatic carbocycles. The van der Waals surface area contributed by atoms with E-state index in [2.05, 4.69) is 5.32 Å². The second-order valence-corrected chi connectivity index (χ2v) is 4.97. The Morgan fingerprint density at radius 1 is 1.10 bits per heavy atom. The Morgan fingerprint density at radius 2 is 1.80 bits per heavy atom. The molecule has 1 atom stereocenters. The number of hydrogen-bond acceptors (Lipinski definition) is 2. The maximum absolute atomic E-state index is 12.2. The van der Waals surface area contributed by atoms with E-state index in [0.717, 1.165) is 16.7 Å². The Labute approximate surface area is 119 Å². The number of rotatable bonds is 4. The van der Waals surface area contributed by atoms with Gasteiger partial charge < -0.3 is 11.1 Å². The fourth-order valence-electron chi connectivity index (χ4n) is 2.11. The second kappa shape index (κ2) is 6.35. The first-order valence-electron chi connectivity index (χ1n) is 6.74. The normalized spacial score (nSPS) is 11.9. The molecule has 0 fully saturated rings. The van der Waals surface area contributed by atoms with Gasteiger partial charge in [-0.25, -0.2) is 0 Å². The SMILES string of the molecule is Cc1cccc(C(=O)NCC(N)c2ccccc2)c1C. The molecule has 0 aliphatic heterocycles. The monoisotopic (exact) mass is 268 g/mol. The number of amides is 1. The lowest BCUT2D eigenvalue weighted by Gasteiger charge is -2.14. The number of carbonyl (C=O) groups is 1. The minimum atomic E-state index is -0.190. The summed E-state index contributed by atoms with van der Waals surface area (Å²) in [6, 6.07) is 15.3. The molecule has 2 aromatic carbocycles. The smallest absolute Gasteiger partial charge is 0.251 e. The molecule has 3 N–H and O–H groups in total. The van der Waals surface area contributed by atoms with Crippen LogP contribution in [0.3, 0.4) is 0 Å². The average Bonchev–Trinajstić information content (AvgIpc) is 2.48. The zero-order valence-corrected chi connectivity index (χ0v) is 11.9. The fraction of sp³-hybridized carbons (Fsp3) is 0.235. The van der Waals surface area contributed by atoms with Gasteiger partial charge in [0.15, 0.2) is 0 Å². The van der Waals surface area contributed by atoms with E-state index in [1.54, 1.807) is 0 Å². The van der Waals surface area contributed by atoms with Crippen LogP contribution in [-0.4, -0.2) is 12.5 Å². The molecule has 0 bridgehead atoms. The largest absolute Gasteiger partial charge is 0.350 e. The molecule has 1 amide bonds. The Balaban J connectivity index is 2.01. The number of carbonyl (C=O) groups excluding carboxylic acids is 1. The number of nitrogens with two attached hydrogens (primary N) is 1. The van der Waals surface area contributed by atoms with Crippen molar-refractivity contribution in [2.24, 2.45) is 5.73 Å². The molecule has 0 spiro atoms. The molecule has 20 heavy (non-hydrogen) atoms. The highest BCUT2D eigenvalue weighted by atomic mass is 16.1. The van der Waals surface area contributed by atoms with Gasteiger partial charge in [-0.05, 0) is 36.6 Å². The lowest BCUT2D eigenvalue weighted by Crippen LogP contribution is -2.32. The summed E-state index contributed by atoms with van der Waals surface area (Å²) < 4.78 is 0. The zero-order valence-electron chi connectivity index (χ0n) is 11.9. The zero-order chi connectivity index (χ0) is 14.5. The third-order valence-corrected chi connectivity index (χ3v) is 3.56. The molecule has 2 rings (SSSR count). The number of benzene rings is 2. The molecule has 3 nitrogen and oxygen atoms in total. The maximum Gasteiger partial charge on any atom is 0.251 e. The van der Waals surface area contributed by atoms with Crippen molar-refractivity contribution >= 4 is 5.91 Å². The molecule has 0 aromatic heterocycles. The Hall–Kier alpha value is -2.13. The van der Waals surface area contributed by atoms with Gasteiger partial charge in [0.05, 0.1) is 0 Å². The van der Waals surface area contributed by atoms with Gasteiger partial charge in [0.25, 0.3) is 5.91 Å². The summed E-state index contributed by atoms with van der Waals surface area (Å²) in [5.74, 6) is -0.0717. The molecular formula is C17H20N2O. The third-order valence-electron chi connectivity index (χ3n) is 3.56. The van der Waals surface area contributed by atoms with Crippen LogP contribution in [0.2, 0.25) is 0 Å². The molecule has 0 heterocycles. The number of hydrogen-bond donors (Lipinski definition) is 2. The van der Waals surface area contributed by atoms with Crippen molar-refractivity contribution in [2.75, 3.05) is 6.54 Å². The Morgan fingerprint density at radius 3 is 2.50 bits per heavy atom. The second-order valence-electron chi connectivity index (χ2n) is 4.97. The number of nitrogens with one attached hydrogen (secondary N) is 1. The van der Waals surface area contributed by atoms with Crippen molar-refractivity contribution in [1.29, 1.82) is 0 Å². The van der Waals surface area contributed by atoms with Crippen molar-refractivity contribution < 1.29 is 4.79 Å². The predicted octanol–water partition coefficient (Wildman–Crippen LogP) is 2.73. The van der Waals surface area contributed by atoms with Gasteiger partial charge in [-0.15, -0.1) is 0 Å². The van der Waals surface area contributed by atoms with E-state index in [1.165, 1.54) is 0 Å². The molecule has 0 radical (unpaired) electrons. The standard InChI is InChI=1S/C17H20N2O/c1-12-7-6-10-15(13(12)2)17(20)19-11-16(18)14-8-4-3-5-9-14/h3-10,16H,11,18H2,1-2H3,(H,19,20). The van der Waals surface area contributed by atoms with E-state index >= 15 is 0 Å². The van der Waals surface area contributed by atoms with E-state index < -0.39 is 0 Å². The van der Waals surface area contributed by atoms with Crippen LogP contribution in [0.4, 0.5) is 0 Å². The van der Waals surface area contributed by atoms with E-state index in [1.807, 2.05) is 62.4 Å². The lowest BCUT2D eigenvalue weighted by atomic mass is 10.0. The van der Waals surface area contributed by atoms with Crippen LogP contribution in [0.5, 0.6) is 0 Å². The summed E-state index contributed by atoms with van der Waals surface area (Å²) in [4.78, 5) is 12.2. The van der Waals surface area contributed by atoms with Crippen molar-refractivity contribution in [3.8, 4) is 0 Å². The molecule has 0 saturated heterocycles. The molecule has 1 unspecified atom stereocenters. The van der Waals surface area contributed by atoms with Crippen LogP contribution >= 0.6 is 0 Å². The van der Waals surface area contributed by atoms with Gasteiger partial charge in [-0.2, -0.15) is 0 Å². The first-order valence-corrected chi connectivity index (χ1v) is 6.74. The fourth-order valence-corrected chi connectivity index (χ4v) is 2.11. The molecule has 0 aliphatic rings. The van der Waals surface area contributed by atoms with Crippen LogP contribution in [-0.2, 0) is 0 Å². The summed E-state index contributed by atoms with van der Waals surface area (Å²) in [5.41, 5.74) is 9.94. The van der Waals surface area contributed by atoms with E-state index in [-0.39, 0.29) is 11.9 Å². The van der Waals surface area contributed by atoms with E-state index in [9.17, 15) is 4.79 Å². The molecule has 2 aromatic rings. The third kappa shape index (κ3) is 3.25. The van der Waals surface area contributed by atoms with Crippen LogP contribution in [0.15, 0.2) is 48.5 Å². The molecule has 3 heteroatoms. The summed E-state index contributed by atoms with van der Waals surface area (Å²) >= 11 is 0. The summed E-state index contributed by atoms with van der Waals surface area (Å²) in [6.45, 7) is 4.39. The van der Waals surface area contributed by atoms with Gasteiger partial charge in [0, 0.05) is 18.2 Å². The Bertz CT molecular complexity index is 593. The minimum absolute atomic E-state index is 0.0717. The highest BCUT2D eigenvalue weighted by molar-refractivity contribution is 5.95. The van der Waals surface area contributed by atoms with Gasteiger partial charge >= 0.3 is 0 Å². The summed E-state index contributed by atoms with van der Waals surface area (Å²) in [7, 11) is 0. The lowest BCUT2D eigenvalue weighted by molar-refractivity contribution is 0.0950. The highest BCUT2D eigenvalue weighted by Gasteiger charge is 2.12.